The normalized spacial score (nSPS) is 10.4. The van der Waals surface area contributed by atoms with Crippen LogP contribution in [0.5, 0.6) is 0 Å². The summed E-state index contributed by atoms with van der Waals surface area (Å²) in [6.45, 7) is 17.4. The quantitative estimate of drug-likeness (QED) is 0.566. The van der Waals surface area contributed by atoms with Gasteiger partial charge in [0, 0.05) is 0 Å². The fourth-order valence-electron chi connectivity index (χ4n) is 1.20. The lowest BCUT2D eigenvalue weighted by atomic mass is 10.1. The minimum absolute atomic E-state index is 1.12. The first-order chi connectivity index (χ1) is 9.12. The molecule has 1 heteroatoms. The van der Waals surface area contributed by atoms with E-state index in [-0.39, 0.29) is 0 Å². The van der Waals surface area contributed by atoms with Crippen molar-refractivity contribution in [2.24, 2.45) is 0 Å². The van der Waals surface area contributed by atoms with Crippen LogP contribution in [-0.2, 0) is 0 Å². The van der Waals surface area contributed by atoms with Gasteiger partial charge in [0.05, 0.1) is 0 Å². The molecule has 0 unspecified atom stereocenters. The van der Waals surface area contributed by atoms with Crippen LogP contribution in [0.25, 0.3) is 0 Å². The Morgan fingerprint density at radius 3 is 1.95 bits per heavy atom. The van der Waals surface area contributed by atoms with E-state index in [9.17, 15) is 0 Å². The van der Waals surface area contributed by atoms with Gasteiger partial charge in [0.1, 0.15) is 0 Å². The van der Waals surface area contributed by atoms with Crippen LogP contribution in [0.15, 0.2) is 36.0 Å². The Hall–Kier alpha value is -0.820. The topological polar surface area (TPSA) is 12.0 Å². The molecule has 114 valence electrons. The molecule has 0 fully saturated rings. The van der Waals surface area contributed by atoms with Gasteiger partial charge < -0.3 is 5.32 Å². The summed E-state index contributed by atoms with van der Waals surface area (Å²) in [4.78, 5) is 0. The Bertz CT molecular complexity index is 222. The summed E-state index contributed by atoms with van der Waals surface area (Å²) >= 11 is 0. The van der Waals surface area contributed by atoms with E-state index in [1.54, 1.807) is 0 Å². The second-order valence-corrected chi connectivity index (χ2v) is 4.25. The summed E-state index contributed by atoms with van der Waals surface area (Å²) in [5.74, 6) is 0. The molecule has 0 aliphatic carbocycles. The van der Waals surface area contributed by atoms with Crippen molar-refractivity contribution in [3.8, 4) is 0 Å². The van der Waals surface area contributed by atoms with Crippen molar-refractivity contribution in [2.45, 2.75) is 67.2 Å². The minimum Gasteiger partial charge on any atom is -0.320 e. The molecular weight excluding hydrogens is 230 g/mol. The highest BCUT2D eigenvalue weighted by atomic mass is 14.8. The molecule has 0 aromatic heterocycles. The molecule has 0 amide bonds. The third-order valence-corrected chi connectivity index (χ3v) is 2.27. The lowest BCUT2D eigenvalue weighted by Crippen LogP contribution is -2.04. The van der Waals surface area contributed by atoms with E-state index in [1.807, 2.05) is 27.8 Å². The fraction of sp³-hybridized carbons (Fsp3) is 0.667. The van der Waals surface area contributed by atoms with Gasteiger partial charge >= 0.3 is 0 Å². The molecule has 0 aliphatic rings. The zero-order chi connectivity index (χ0) is 15.5. The Kier molecular flexibility index (Phi) is 27.4. The molecule has 0 saturated heterocycles. The molecule has 0 atom stereocenters. The van der Waals surface area contributed by atoms with Crippen molar-refractivity contribution in [3.05, 3.63) is 36.0 Å². The molecule has 0 heterocycles. The van der Waals surface area contributed by atoms with Gasteiger partial charge in [0.25, 0.3) is 0 Å². The van der Waals surface area contributed by atoms with E-state index >= 15 is 0 Å². The number of hydrogen-bond donors (Lipinski definition) is 1. The first-order valence-electron chi connectivity index (χ1n) is 7.75. The van der Waals surface area contributed by atoms with Gasteiger partial charge in [-0.25, -0.2) is 0 Å². The van der Waals surface area contributed by atoms with Gasteiger partial charge in [-0.2, -0.15) is 0 Å². The minimum atomic E-state index is 1.12. The summed E-state index contributed by atoms with van der Waals surface area (Å²) in [6, 6.07) is 0. The highest BCUT2D eigenvalue weighted by Gasteiger charge is 1.89. The zero-order valence-electron chi connectivity index (χ0n) is 14.5. The number of hydrogen-bond acceptors (Lipinski definition) is 1. The summed E-state index contributed by atoms with van der Waals surface area (Å²) in [7, 11) is 1.96. The smallest absolute Gasteiger partial charge is 0.00546 e. The Balaban J connectivity index is -0.000000307. The van der Waals surface area contributed by atoms with Crippen molar-refractivity contribution >= 4 is 0 Å². The van der Waals surface area contributed by atoms with Gasteiger partial charge in [0.2, 0.25) is 0 Å². The van der Waals surface area contributed by atoms with Crippen molar-refractivity contribution in [2.75, 3.05) is 13.6 Å². The summed E-state index contributed by atoms with van der Waals surface area (Å²) in [6.07, 6.45) is 11.4. The molecule has 0 aromatic carbocycles. The third-order valence-electron chi connectivity index (χ3n) is 2.27. The number of unbranched alkanes of at least 4 members (excludes halogenated alkanes) is 1. The molecule has 1 N–H and O–H groups in total. The van der Waals surface area contributed by atoms with Crippen LogP contribution in [0.2, 0.25) is 0 Å². The molecule has 0 aliphatic heterocycles. The molecule has 0 bridgehead atoms. The number of allylic oxidation sites excluding steroid dienone is 5. The van der Waals surface area contributed by atoms with E-state index in [1.165, 1.54) is 31.3 Å². The van der Waals surface area contributed by atoms with E-state index < -0.39 is 0 Å². The highest BCUT2D eigenvalue weighted by Crippen LogP contribution is 2.09. The molecule has 1 nitrogen and oxygen atoms in total. The van der Waals surface area contributed by atoms with Crippen molar-refractivity contribution < 1.29 is 0 Å². The van der Waals surface area contributed by atoms with Gasteiger partial charge in [-0.15, -0.1) is 0 Å². The van der Waals surface area contributed by atoms with E-state index in [0.29, 0.717) is 0 Å². The van der Waals surface area contributed by atoms with Crippen LogP contribution < -0.4 is 5.32 Å². The van der Waals surface area contributed by atoms with Crippen LogP contribution in [-0.4, -0.2) is 13.6 Å². The fourth-order valence-corrected chi connectivity index (χ4v) is 1.20. The molecular formula is C18H37N. The average molecular weight is 268 g/mol. The molecule has 19 heavy (non-hydrogen) atoms. The van der Waals surface area contributed by atoms with Crippen LogP contribution in [0, 0.1) is 0 Å². The number of nitrogens with one attached hydrogen (secondary N) is 1. The van der Waals surface area contributed by atoms with Crippen LogP contribution in [0.1, 0.15) is 67.2 Å². The van der Waals surface area contributed by atoms with E-state index in [0.717, 1.165) is 12.1 Å². The lowest BCUT2D eigenvalue weighted by Gasteiger charge is -1.98. The average Bonchev–Trinajstić information content (AvgIpc) is 2.42. The monoisotopic (exact) mass is 267 g/mol. The second-order valence-electron chi connectivity index (χ2n) is 4.25. The Morgan fingerprint density at radius 1 is 1.11 bits per heavy atom. The molecule has 0 rings (SSSR count). The maximum Gasteiger partial charge on any atom is -0.00546 e. The predicted octanol–water partition coefficient (Wildman–Crippen LogP) is 5.90. The summed E-state index contributed by atoms with van der Waals surface area (Å²) < 4.78 is 0. The largest absolute Gasteiger partial charge is 0.320 e. The third kappa shape index (κ3) is 26.7. The lowest BCUT2D eigenvalue weighted by molar-refractivity contribution is 0.772. The van der Waals surface area contributed by atoms with Crippen LogP contribution >= 0.6 is 0 Å². The highest BCUT2D eigenvalue weighted by molar-refractivity contribution is 5.24. The van der Waals surface area contributed by atoms with Crippen molar-refractivity contribution in [1.29, 1.82) is 0 Å². The predicted molar refractivity (Wildman–Crippen MR) is 92.8 cm³/mol. The van der Waals surface area contributed by atoms with Gasteiger partial charge in [-0.05, 0) is 46.7 Å². The Morgan fingerprint density at radius 2 is 1.68 bits per heavy atom. The second kappa shape index (κ2) is 22.4. The van der Waals surface area contributed by atoms with E-state index in [2.05, 4.69) is 50.9 Å². The van der Waals surface area contributed by atoms with Crippen molar-refractivity contribution in [1.82, 2.24) is 5.32 Å². The van der Waals surface area contributed by atoms with E-state index in [4.69, 9.17) is 0 Å². The van der Waals surface area contributed by atoms with Gasteiger partial charge in [-0.1, -0.05) is 70.1 Å². The SMILES string of the molecule is C=C(C)/C=C\C(=C/C)CCCC.CC.CCCNC. The molecule has 0 aromatic rings. The van der Waals surface area contributed by atoms with Crippen LogP contribution in [0.4, 0.5) is 0 Å². The zero-order valence-corrected chi connectivity index (χ0v) is 14.5. The molecule has 0 spiro atoms. The molecule has 0 saturated carbocycles. The summed E-state index contributed by atoms with van der Waals surface area (Å²) in [5, 5.41) is 3.02. The van der Waals surface area contributed by atoms with Crippen LogP contribution in [0.3, 0.4) is 0 Å². The van der Waals surface area contributed by atoms with Gasteiger partial charge in [0.15, 0.2) is 0 Å². The first-order valence-corrected chi connectivity index (χ1v) is 7.75. The first kappa shape index (κ1) is 23.3. The van der Waals surface area contributed by atoms with Crippen molar-refractivity contribution in [3.63, 3.8) is 0 Å². The standard InChI is InChI=1S/C12H20.C4H11N.C2H6/c1-5-7-8-12(6-2)10-9-11(3)4;1-3-4-5-2;1-2/h6,9-10H,3,5,7-8H2,1-2,4H3;5H,3-4H2,1-2H3;1-2H3/b10-9-,12-6-;;. The maximum absolute atomic E-state index is 3.83. The van der Waals surface area contributed by atoms with Gasteiger partial charge in [-0.3, -0.25) is 0 Å². The number of rotatable bonds is 7. The maximum atomic E-state index is 3.83. The molecule has 0 radical (unpaired) electrons. The Labute approximate surface area is 122 Å². The summed E-state index contributed by atoms with van der Waals surface area (Å²) in [5.41, 5.74) is 2.53.